The summed E-state index contributed by atoms with van der Waals surface area (Å²) in [4.78, 5) is 22.6. The van der Waals surface area contributed by atoms with Gasteiger partial charge in [-0.25, -0.2) is 0 Å². The Bertz CT molecular complexity index is 707. The molecule has 0 atom stereocenters. The molecule has 0 radical (unpaired) electrons. The third kappa shape index (κ3) is 4.83. The highest BCUT2D eigenvalue weighted by Crippen LogP contribution is 2.21. The summed E-state index contributed by atoms with van der Waals surface area (Å²) in [7, 11) is 0. The Kier molecular flexibility index (Phi) is 6.19. The minimum absolute atomic E-state index is 0.0278. The number of phenolic OH excluding ortho intramolecular Hbond substituents is 1. The normalized spacial score (nSPS) is 11.1. The van der Waals surface area contributed by atoms with Crippen molar-refractivity contribution in [1.82, 2.24) is 15.4 Å². The van der Waals surface area contributed by atoms with Crippen molar-refractivity contribution in [3.8, 4) is 5.75 Å². The number of nitrogens with two attached hydrogens (primary N) is 1. The number of primary amides is 1. The largest absolute Gasteiger partial charge is 0.504 e. The van der Waals surface area contributed by atoms with Crippen molar-refractivity contribution in [2.45, 2.75) is 19.4 Å². The van der Waals surface area contributed by atoms with E-state index in [1.165, 1.54) is 10.8 Å². The molecule has 0 unspecified atom stereocenters. The highest BCUT2D eigenvalue weighted by molar-refractivity contribution is 5.81. The van der Waals surface area contributed by atoms with Crippen molar-refractivity contribution < 1.29 is 14.4 Å². The summed E-state index contributed by atoms with van der Waals surface area (Å²) in [5.41, 5.74) is 5.01. The van der Waals surface area contributed by atoms with Crippen molar-refractivity contribution in [1.29, 1.82) is 0 Å². The third-order valence-corrected chi connectivity index (χ3v) is 3.37. The molecule has 23 heavy (non-hydrogen) atoms. The molecule has 1 amide bonds. The number of phenols is 1. The van der Waals surface area contributed by atoms with Crippen LogP contribution in [0, 0.1) is 0 Å². The van der Waals surface area contributed by atoms with Crippen molar-refractivity contribution in [2.75, 3.05) is 26.2 Å². The number of fused-ring (bicyclic) bond motifs is 1. The summed E-state index contributed by atoms with van der Waals surface area (Å²) < 4.78 is 6.65. The van der Waals surface area contributed by atoms with Crippen molar-refractivity contribution in [3.05, 3.63) is 28.6 Å². The summed E-state index contributed by atoms with van der Waals surface area (Å²) in [6.45, 7) is 2.91. The van der Waals surface area contributed by atoms with Crippen LogP contribution in [0.4, 0.5) is 0 Å². The van der Waals surface area contributed by atoms with E-state index in [2.05, 4.69) is 10.6 Å². The molecule has 1 aromatic carbocycles. The van der Waals surface area contributed by atoms with E-state index >= 15 is 0 Å². The van der Waals surface area contributed by atoms with Gasteiger partial charge in [0, 0.05) is 0 Å². The van der Waals surface area contributed by atoms with Crippen LogP contribution in [0.5, 0.6) is 5.75 Å². The number of hydrogen-bond acceptors (Lipinski definition) is 6. The van der Waals surface area contributed by atoms with Gasteiger partial charge >= 0.3 is 0 Å². The maximum Gasteiger partial charge on any atom is 0.290 e. The van der Waals surface area contributed by atoms with Crippen LogP contribution in [-0.2, 0) is 11.3 Å². The van der Waals surface area contributed by atoms with E-state index in [0.29, 0.717) is 11.9 Å². The number of carbonyl (C=O) groups is 1. The van der Waals surface area contributed by atoms with Crippen LogP contribution in [0.2, 0.25) is 0 Å². The van der Waals surface area contributed by atoms with E-state index in [9.17, 15) is 14.7 Å². The van der Waals surface area contributed by atoms with Crippen LogP contribution in [0.3, 0.4) is 0 Å². The Labute approximate surface area is 133 Å². The van der Waals surface area contributed by atoms with Gasteiger partial charge in [0.15, 0.2) is 5.75 Å². The number of aryl methyl sites for hydroxylation is 1. The summed E-state index contributed by atoms with van der Waals surface area (Å²) in [5.74, 6) is -0.389. The lowest BCUT2D eigenvalue weighted by molar-refractivity contribution is -0.117. The molecular weight excluding hydrogens is 300 g/mol. The van der Waals surface area contributed by atoms with Gasteiger partial charge in [0.05, 0.1) is 18.5 Å². The van der Waals surface area contributed by atoms with Crippen molar-refractivity contribution >= 4 is 16.9 Å². The predicted molar refractivity (Wildman–Crippen MR) is 86.3 cm³/mol. The molecule has 0 fully saturated rings. The Morgan fingerprint density at radius 3 is 2.70 bits per heavy atom. The van der Waals surface area contributed by atoms with Gasteiger partial charge in [0.1, 0.15) is 0 Å². The first kappa shape index (κ1) is 17.0. The van der Waals surface area contributed by atoms with Gasteiger partial charge in [-0.15, -0.1) is 0 Å². The van der Waals surface area contributed by atoms with Crippen LogP contribution < -0.4 is 21.9 Å². The SMILES string of the molecule is NC(=O)CNCCCNCCCn1oc2c(O)cccc2c1=O. The van der Waals surface area contributed by atoms with Gasteiger partial charge in [0.2, 0.25) is 11.5 Å². The average Bonchev–Trinajstić information content (AvgIpc) is 2.84. The lowest BCUT2D eigenvalue weighted by Crippen LogP contribution is -2.30. The number of benzene rings is 1. The van der Waals surface area contributed by atoms with Crippen molar-refractivity contribution in [2.24, 2.45) is 5.73 Å². The fourth-order valence-electron chi connectivity index (χ4n) is 2.25. The predicted octanol–water partition coefficient (Wildman–Crippen LogP) is -0.255. The molecule has 1 aromatic heterocycles. The first-order valence-corrected chi connectivity index (χ1v) is 7.61. The molecule has 0 spiro atoms. The summed E-state index contributed by atoms with van der Waals surface area (Å²) in [6.07, 6.45) is 1.61. The lowest BCUT2D eigenvalue weighted by atomic mass is 10.2. The molecule has 0 saturated carbocycles. The monoisotopic (exact) mass is 322 g/mol. The minimum atomic E-state index is -0.361. The number of aromatic hydroxyl groups is 1. The average molecular weight is 322 g/mol. The molecular formula is C15H22N4O4. The number of para-hydroxylation sites is 1. The first-order valence-electron chi connectivity index (χ1n) is 7.61. The zero-order valence-corrected chi connectivity index (χ0v) is 12.9. The molecule has 8 nitrogen and oxygen atoms in total. The van der Waals surface area contributed by atoms with Gasteiger partial charge in [-0.05, 0) is 44.6 Å². The minimum Gasteiger partial charge on any atom is -0.504 e. The zero-order valence-electron chi connectivity index (χ0n) is 12.9. The molecule has 126 valence electrons. The van der Waals surface area contributed by atoms with Gasteiger partial charge in [-0.1, -0.05) is 6.07 Å². The maximum absolute atomic E-state index is 12.1. The van der Waals surface area contributed by atoms with Crippen LogP contribution in [0.25, 0.3) is 11.0 Å². The number of hydrogen-bond donors (Lipinski definition) is 4. The second-order valence-electron chi connectivity index (χ2n) is 5.25. The number of nitrogens with zero attached hydrogens (tertiary/aromatic N) is 1. The van der Waals surface area contributed by atoms with Crippen LogP contribution >= 0.6 is 0 Å². The maximum atomic E-state index is 12.1. The summed E-state index contributed by atoms with van der Waals surface area (Å²) in [6, 6.07) is 4.74. The number of aromatic nitrogens is 1. The second kappa shape index (κ2) is 8.35. The fourth-order valence-corrected chi connectivity index (χ4v) is 2.25. The molecule has 1 heterocycles. The molecule has 5 N–H and O–H groups in total. The summed E-state index contributed by atoms with van der Waals surface area (Å²) >= 11 is 0. The number of carbonyl (C=O) groups excluding carboxylic acids is 1. The Morgan fingerprint density at radius 2 is 1.96 bits per heavy atom. The van der Waals surface area contributed by atoms with E-state index in [1.807, 2.05) is 0 Å². The topological polar surface area (TPSA) is 123 Å². The van der Waals surface area contributed by atoms with E-state index in [0.717, 1.165) is 32.5 Å². The van der Waals surface area contributed by atoms with Gasteiger partial charge in [-0.2, -0.15) is 4.74 Å². The molecule has 2 aromatic rings. The van der Waals surface area contributed by atoms with E-state index in [-0.39, 0.29) is 29.3 Å². The van der Waals surface area contributed by atoms with Gasteiger partial charge < -0.3 is 26.0 Å². The highest BCUT2D eigenvalue weighted by atomic mass is 16.5. The van der Waals surface area contributed by atoms with Gasteiger partial charge in [0.25, 0.3) is 5.56 Å². The fraction of sp³-hybridized carbons (Fsp3) is 0.467. The molecule has 0 saturated heterocycles. The molecule has 8 heteroatoms. The van der Waals surface area contributed by atoms with Crippen LogP contribution in [0.1, 0.15) is 12.8 Å². The quantitative estimate of drug-likeness (QED) is 0.447. The lowest BCUT2D eigenvalue weighted by Gasteiger charge is -2.05. The van der Waals surface area contributed by atoms with E-state index in [4.69, 9.17) is 10.3 Å². The Hall–Kier alpha value is -2.32. The molecule has 0 aliphatic carbocycles. The zero-order chi connectivity index (χ0) is 16.7. The smallest absolute Gasteiger partial charge is 0.290 e. The third-order valence-electron chi connectivity index (χ3n) is 3.37. The number of nitrogens with one attached hydrogen (secondary N) is 2. The highest BCUT2D eigenvalue weighted by Gasteiger charge is 2.11. The molecule has 0 aliphatic rings. The summed E-state index contributed by atoms with van der Waals surface area (Å²) in [5, 5.41) is 16.2. The standard InChI is InChI=1S/C15H22N4O4/c16-13(21)10-18-7-2-6-17-8-3-9-19-15(22)11-4-1-5-12(20)14(11)23-19/h1,4-5,17-18,20H,2-3,6-10H2,(H2,16,21). The van der Waals surface area contributed by atoms with E-state index < -0.39 is 0 Å². The van der Waals surface area contributed by atoms with Gasteiger partial charge in [-0.3, -0.25) is 9.59 Å². The molecule has 0 aliphatic heterocycles. The van der Waals surface area contributed by atoms with Crippen molar-refractivity contribution in [3.63, 3.8) is 0 Å². The Balaban J connectivity index is 1.67. The number of amides is 1. The Morgan fingerprint density at radius 1 is 1.22 bits per heavy atom. The van der Waals surface area contributed by atoms with Crippen LogP contribution in [-0.4, -0.2) is 41.9 Å². The second-order valence-corrected chi connectivity index (χ2v) is 5.25. The molecule has 0 bridgehead atoms. The first-order chi connectivity index (χ1) is 11.1. The number of rotatable bonds is 10. The van der Waals surface area contributed by atoms with Crippen LogP contribution in [0.15, 0.2) is 27.5 Å². The van der Waals surface area contributed by atoms with E-state index in [1.54, 1.807) is 12.1 Å². The molecule has 2 rings (SSSR count).